The number of amides is 6. The van der Waals surface area contributed by atoms with Crippen LogP contribution in [0.15, 0.2) is 66.2 Å². The Hall–Kier alpha value is -5.88. The van der Waals surface area contributed by atoms with Crippen molar-refractivity contribution in [3.05, 3.63) is 99.1 Å². The lowest BCUT2D eigenvalue weighted by Crippen LogP contribution is -2.57. The Morgan fingerprint density at radius 2 is 1.69 bits per heavy atom. The second-order valence-corrected chi connectivity index (χ2v) is 21.5. The van der Waals surface area contributed by atoms with Crippen molar-refractivity contribution < 1.29 is 38.6 Å². The maximum absolute atomic E-state index is 14.2. The third-order valence-corrected chi connectivity index (χ3v) is 14.8. The third kappa shape index (κ3) is 13.2. The average molecular weight is 1010 g/mol. The monoisotopic (exact) mass is 1010 g/mol. The minimum absolute atomic E-state index is 0.0101. The zero-order valence-corrected chi connectivity index (χ0v) is 42.7. The van der Waals surface area contributed by atoms with Gasteiger partial charge in [-0.05, 0) is 104 Å². The Morgan fingerprint density at radius 1 is 0.958 bits per heavy atom. The van der Waals surface area contributed by atoms with Gasteiger partial charge in [-0.3, -0.25) is 33.7 Å². The summed E-state index contributed by atoms with van der Waals surface area (Å²) in [5.74, 6) is -1.79. The number of thiazole rings is 1. The molecule has 0 radical (unpaired) electrons. The van der Waals surface area contributed by atoms with Crippen molar-refractivity contribution in [3.8, 4) is 16.2 Å². The van der Waals surface area contributed by atoms with Crippen molar-refractivity contribution in [2.45, 2.75) is 148 Å². The van der Waals surface area contributed by atoms with Crippen LogP contribution in [0.5, 0.6) is 5.75 Å². The Labute approximate surface area is 424 Å². The molecule has 4 aromatic rings. The molecule has 1 saturated heterocycles. The number of hydrogen-bond acceptors (Lipinski definition) is 11. The van der Waals surface area contributed by atoms with Gasteiger partial charge in [-0.2, -0.15) is 0 Å². The van der Waals surface area contributed by atoms with Gasteiger partial charge in [-0.15, -0.1) is 11.3 Å². The van der Waals surface area contributed by atoms with E-state index < -0.39 is 53.5 Å². The van der Waals surface area contributed by atoms with E-state index in [1.165, 1.54) is 9.80 Å². The number of benzene rings is 3. The summed E-state index contributed by atoms with van der Waals surface area (Å²) in [6, 6.07) is 14.8. The number of aliphatic hydroxyl groups is 1. The Bertz CT molecular complexity index is 2600. The van der Waals surface area contributed by atoms with Crippen molar-refractivity contribution in [2.24, 2.45) is 16.9 Å². The number of nitrogens with zero attached hydrogens (tertiary/aromatic N) is 3. The molecule has 3 aliphatic rings. The summed E-state index contributed by atoms with van der Waals surface area (Å²) in [7, 11) is 0. The second kappa shape index (κ2) is 23.1. The number of carbonyl (C=O) groups is 6. The second-order valence-electron chi connectivity index (χ2n) is 20.3. The van der Waals surface area contributed by atoms with Gasteiger partial charge in [0.05, 0.1) is 46.0 Å². The highest BCUT2D eigenvalue weighted by Gasteiger charge is 2.45. The lowest BCUT2D eigenvalue weighted by Gasteiger charge is -2.35. The number of rotatable bonds is 20. The number of primary amides is 1. The zero-order chi connectivity index (χ0) is 51.1. The number of hydrogen-bond donors (Lipinski definition) is 6. The average Bonchev–Trinajstić information content (AvgIpc) is 4.04. The van der Waals surface area contributed by atoms with Crippen LogP contribution in [-0.2, 0) is 48.0 Å². The lowest BCUT2D eigenvalue weighted by atomic mass is 9.85. The molecule has 0 saturated carbocycles. The SMILES string of the molecule is Cc1ncsc1-c1ccc([C@H](C)NC(=O)[C@@H]2C[C@@H](O)CN2C(=O)[C@@H](NC(=O)CCCCCc2cc(Cl)cc(OC[C@H](CCC(N)=O)NC(=O)[C@@H]3Cc4cccc5c4N3C(=O)[C@@H](N)CC5)c2)C(C)(C)C)cc1. The van der Waals surface area contributed by atoms with Crippen LogP contribution in [0.2, 0.25) is 5.02 Å². The maximum atomic E-state index is 14.2. The first-order chi connectivity index (χ1) is 33.8. The van der Waals surface area contributed by atoms with E-state index in [2.05, 4.69) is 20.9 Å². The number of aryl methyl sites for hydroxylation is 3. The van der Waals surface area contributed by atoms with Crippen LogP contribution in [0.3, 0.4) is 0 Å². The summed E-state index contributed by atoms with van der Waals surface area (Å²) in [6.45, 7) is 9.41. The van der Waals surface area contributed by atoms with Gasteiger partial charge in [0.15, 0.2) is 0 Å². The number of para-hydroxylation sites is 1. The molecular formula is C53H67ClN8O8S. The molecule has 380 valence electrons. The molecule has 3 aliphatic heterocycles. The van der Waals surface area contributed by atoms with Crippen molar-refractivity contribution in [1.29, 1.82) is 0 Å². The van der Waals surface area contributed by atoms with Gasteiger partial charge in [0.2, 0.25) is 35.4 Å². The fourth-order valence-corrected chi connectivity index (χ4v) is 10.8. The van der Waals surface area contributed by atoms with Crippen LogP contribution in [0.25, 0.3) is 10.4 Å². The van der Waals surface area contributed by atoms with Gasteiger partial charge >= 0.3 is 0 Å². The summed E-state index contributed by atoms with van der Waals surface area (Å²) in [5.41, 5.74) is 19.3. The molecule has 8 N–H and O–H groups in total. The number of aliphatic hydroxyl groups excluding tert-OH is 1. The number of nitrogens with one attached hydrogen (secondary N) is 3. The van der Waals surface area contributed by atoms with E-state index in [0.29, 0.717) is 49.3 Å². The number of β-amino-alcohol motifs (C(OH)–C–C–N with tert-alkyl or cyclic N) is 1. The third-order valence-electron chi connectivity index (χ3n) is 13.6. The van der Waals surface area contributed by atoms with Gasteiger partial charge in [-0.25, -0.2) is 4.98 Å². The van der Waals surface area contributed by atoms with E-state index in [0.717, 1.165) is 50.5 Å². The predicted octanol–water partition coefficient (Wildman–Crippen LogP) is 5.61. The molecule has 7 rings (SSSR count). The molecule has 6 amide bonds. The van der Waals surface area contributed by atoms with Gasteiger partial charge in [0, 0.05) is 37.3 Å². The van der Waals surface area contributed by atoms with Crippen LogP contribution in [-0.4, -0.2) is 99.9 Å². The van der Waals surface area contributed by atoms with Crippen LogP contribution in [0, 0.1) is 12.3 Å². The minimum Gasteiger partial charge on any atom is -0.491 e. The molecule has 0 unspecified atom stereocenters. The van der Waals surface area contributed by atoms with Crippen molar-refractivity contribution in [2.75, 3.05) is 18.1 Å². The minimum atomic E-state index is -0.935. The fourth-order valence-electron chi connectivity index (χ4n) is 9.76. The molecule has 16 nitrogen and oxygen atoms in total. The van der Waals surface area contributed by atoms with Crippen molar-refractivity contribution in [1.82, 2.24) is 25.8 Å². The quantitative estimate of drug-likeness (QED) is 0.0599. The summed E-state index contributed by atoms with van der Waals surface area (Å²) in [4.78, 5) is 88.9. The van der Waals surface area contributed by atoms with Crippen LogP contribution < -0.4 is 37.1 Å². The standard InChI is InChI=1S/C53H67ClN8O8S/c1-30(33-14-16-35(17-15-33)47-31(2)57-29-71-47)58-49(66)42-26-39(63)27-61(42)52(69)48(53(3,4)5)60-45(65)13-8-6-7-10-32-22-37(54)25-40(23-32)70-28-38(19-21-44(56)64)59-50(67)43-24-36-12-9-11-34-18-20-41(55)51(68)62(43)46(34)36/h9,11-12,14-17,22-23,25,29-30,38-39,41-43,48,63H,6-8,10,13,18-21,24,26-28,55H2,1-5H3,(H2,56,64)(H,58,66)(H,59,67)(H,60,65)/t30-,38-,39+,41-,42-,43-,48+/m0/s1. The van der Waals surface area contributed by atoms with E-state index in [-0.39, 0.29) is 68.5 Å². The largest absolute Gasteiger partial charge is 0.491 e. The topological polar surface area (TPSA) is 239 Å². The van der Waals surface area contributed by atoms with E-state index in [4.69, 9.17) is 27.8 Å². The number of ether oxygens (including phenoxy) is 1. The Kier molecular flexibility index (Phi) is 17.2. The highest BCUT2D eigenvalue weighted by molar-refractivity contribution is 7.13. The summed E-state index contributed by atoms with van der Waals surface area (Å²) < 4.78 is 6.17. The predicted molar refractivity (Wildman–Crippen MR) is 274 cm³/mol. The van der Waals surface area contributed by atoms with Gasteiger partial charge in [-0.1, -0.05) is 81.3 Å². The first kappa shape index (κ1) is 52.9. The van der Waals surface area contributed by atoms with Gasteiger partial charge in [0.1, 0.15) is 30.5 Å². The van der Waals surface area contributed by atoms with Crippen molar-refractivity contribution >= 4 is 64.1 Å². The molecular weight excluding hydrogens is 944 g/mol. The number of aromatic nitrogens is 1. The molecule has 71 heavy (non-hydrogen) atoms. The molecule has 0 spiro atoms. The number of carbonyl (C=O) groups excluding carboxylic acids is 6. The number of likely N-dealkylation sites (tertiary alicyclic amines) is 1. The molecule has 18 heteroatoms. The first-order valence-electron chi connectivity index (χ1n) is 24.6. The van der Waals surface area contributed by atoms with E-state index in [1.807, 2.05) is 94.7 Å². The van der Waals surface area contributed by atoms with E-state index in [1.54, 1.807) is 17.4 Å². The molecule has 4 heterocycles. The number of unbranched alkanes of at least 4 members (excludes halogenated alkanes) is 2. The molecule has 1 aromatic heterocycles. The smallest absolute Gasteiger partial charge is 0.246 e. The Balaban J connectivity index is 0.886. The van der Waals surface area contributed by atoms with E-state index in [9.17, 15) is 33.9 Å². The number of halogens is 1. The normalized spacial score (nSPS) is 19.9. The first-order valence-corrected chi connectivity index (χ1v) is 25.8. The highest BCUT2D eigenvalue weighted by atomic mass is 35.5. The van der Waals surface area contributed by atoms with Gasteiger partial charge in [0.25, 0.3) is 0 Å². The van der Waals surface area contributed by atoms with Crippen LogP contribution in [0.1, 0.15) is 113 Å². The van der Waals surface area contributed by atoms with Gasteiger partial charge < -0.3 is 42.2 Å². The number of nitrogens with two attached hydrogens (primary N) is 2. The summed E-state index contributed by atoms with van der Waals surface area (Å²) >= 11 is 8.10. The van der Waals surface area contributed by atoms with Crippen LogP contribution >= 0.6 is 22.9 Å². The summed E-state index contributed by atoms with van der Waals surface area (Å²) in [5, 5.41) is 20.2. The molecule has 0 bridgehead atoms. The van der Waals surface area contributed by atoms with E-state index >= 15 is 0 Å². The number of anilines is 1. The summed E-state index contributed by atoms with van der Waals surface area (Å²) in [6.07, 6.45) is 3.70. The van der Waals surface area contributed by atoms with Crippen molar-refractivity contribution in [3.63, 3.8) is 0 Å². The zero-order valence-electron chi connectivity index (χ0n) is 41.2. The van der Waals surface area contributed by atoms with Crippen LogP contribution in [0.4, 0.5) is 5.69 Å². The molecule has 1 fully saturated rings. The molecule has 7 atom stereocenters. The highest BCUT2D eigenvalue weighted by Crippen LogP contribution is 2.39. The Morgan fingerprint density at radius 3 is 2.39 bits per heavy atom. The molecule has 3 aromatic carbocycles. The molecule has 0 aliphatic carbocycles. The fraction of sp³-hybridized carbons (Fsp3) is 0.491. The lowest BCUT2D eigenvalue weighted by molar-refractivity contribution is -0.144. The maximum Gasteiger partial charge on any atom is 0.246 e.